The molecule has 1 aromatic heterocycles. The van der Waals surface area contributed by atoms with Gasteiger partial charge < -0.3 is 9.64 Å². The number of benzene rings is 1. The van der Waals surface area contributed by atoms with Gasteiger partial charge in [0.05, 0.1) is 32.0 Å². The lowest BCUT2D eigenvalue weighted by atomic mass is 9.76. The van der Waals surface area contributed by atoms with E-state index in [4.69, 9.17) is 21.3 Å². The minimum absolute atomic E-state index is 0.0547. The van der Waals surface area contributed by atoms with Crippen LogP contribution in [0.5, 0.6) is 0 Å². The van der Waals surface area contributed by atoms with Crippen molar-refractivity contribution in [3.05, 3.63) is 60.7 Å². The SMILES string of the molecule is O=C(CN1CCC([C@H]2c3ncc(Br)cc3CCc3cc(Cl)cc(Br)c32)CC1)C1CCN(C(=O)CN2CCOCC2)CC1. The van der Waals surface area contributed by atoms with Crippen LogP contribution in [0.25, 0.3) is 0 Å². The molecule has 0 bridgehead atoms. The van der Waals surface area contributed by atoms with Crippen molar-refractivity contribution in [1.29, 1.82) is 0 Å². The molecule has 6 rings (SSSR count). The molecule has 2 aromatic rings. The Labute approximate surface area is 270 Å². The Kier molecular flexibility index (Phi) is 10.0. The fourth-order valence-corrected chi connectivity index (χ4v) is 8.82. The van der Waals surface area contributed by atoms with Crippen LogP contribution >= 0.6 is 43.5 Å². The molecule has 0 saturated carbocycles. The van der Waals surface area contributed by atoms with Crippen molar-refractivity contribution in [2.75, 3.05) is 65.6 Å². The number of amides is 1. The zero-order chi connectivity index (χ0) is 29.2. The molecule has 42 heavy (non-hydrogen) atoms. The van der Waals surface area contributed by atoms with E-state index in [9.17, 15) is 9.59 Å². The molecule has 1 aliphatic carbocycles. The Morgan fingerprint density at radius 2 is 1.57 bits per heavy atom. The number of carbonyl (C=O) groups is 2. The van der Waals surface area contributed by atoms with Crippen LogP contribution in [0.4, 0.5) is 0 Å². The first-order chi connectivity index (χ1) is 20.4. The van der Waals surface area contributed by atoms with Gasteiger partial charge in [0, 0.05) is 58.2 Å². The highest BCUT2D eigenvalue weighted by Gasteiger charge is 2.36. The Balaban J connectivity index is 1.05. The predicted octanol–water partition coefficient (Wildman–Crippen LogP) is 5.34. The maximum Gasteiger partial charge on any atom is 0.236 e. The number of hydrogen-bond donors (Lipinski definition) is 0. The van der Waals surface area contributed by atoms with Gasteiger partial charge >= 0.3 is 0 Å². The van der Waals surface area contributed by atoms with Crippen LogP contribution in [0, 0.1) is 11.8 Å². The molecule has 1 amide bonds. The van der Waals surface area contributed by atoms with Crippen LogP contribution in [-0.2, 0) is 27.2 Å². The van der Waals surface area contributed by atoms with Crippen molar-refractivity contribution in [3.63, 3.8) is 0 Å². The summed E-state index contributed by atoms with van der Waals surface area (Å²) in [6.07, 6.45) is 7.42. The molecule has 3 fully saturated rings. The first-order valence-electron chi connectivity index (χ1n) is 15.3. The van der Waals surface area contributed by atoms with Crippen molar-refractivity contribution >= 4 is 55.2 Å². The molecular formula is C32H39Br2ClN4O3. The van der Waals surface area contributed by atoms with Gasteiger partial charge in [-0.3, -0.25) is 24.4 Å². The summed E-state index contributed by atoms with van der Waals surface area (Å²) in [6.45, 7) is 7.20. The van der Waals surface area contributed by atoms with Crippen LogP contribution in [0.2, 0.25) is 5.02 Å². The summed E-state index contributed by atoms with van der Waals surface area (Å²) in [5.41, 5.74) is 5.13. The number of aromatic nitrogens is 1. The normalized spacial score (nSPS) is 22.8. The van der Waals surface area contributed by atoms with Crippen LogP contribution in [0.15, 0.2) is 33.3 Å². The largest absolute Gasteiger partial charge is 0.379 e. The molecule has 10 heteroatoms. The van der Waals surface area contributed by atoms with Gasteiger partial charge in [-0.25, -0.2) is 0 Å². The van der Waals surface area contributed by atoms with Gasteiger partial charge in [0.15, 0.2) is 0 Å². The number of ether oxygens (including phenoxy) is 1. The number of fused-ring (bicyclic) bond motifs is 2. The molecule has 3 aliphatic heterocycles. The molecule has 1 aromatic carbocycles. The molecular weight excluding hydrogens is 684 g/mol. The van der Waals surface area contributed by atoms with E-state index < -0.39 is 0 Å². The van der Waals surface area contributed by atoms with Gasteiger partial charge in [0.1, 0.15) is 5.78 Å². The Morgan fingerprint density at radius 1 is 0.881 bits per heavy atom. The Hall–Kier alpha value is -1.36. The van der Waals surface area contributed by atoms with E-state index in [0.29, 0.717) is 51.1 Å². The van der Waals surface area contributed by atoms with Crippen LogP contribution < -0.4 is 0 Å². The Morgan fingerprint density at radius 3 is 2.31 bits per heavy atom. The number of piperidine rings is 2. The molecule has 0 N–H and O–H groups in total. The molecule has 4 aliphatic rings. The third kappa shape index (κ3) is 6.97. The van der Waals surface area contributed by atoms with Gasteiger partial charge in [-0.2, -0.15) is 0 Å². The third-order valence-electron chi connectivity index (χ3n) is 9.67. The number of halogens is 3. The van der Waals surface area contributed by atoms with E-state index in [-0.39, 0.29) is 17.7 Å². The predicted molar refractivity (Wildman–Crippen MR) is 171 cm³/mol. The number of aryl methyl sites for hydroxylation is 2. The summed E-state index contributed by atoms with van der Waals surface area (Å²) in [7, 11) is 0. The number of pyridine rings is 1. The quantitative estimate of drug-likeness (QED) is 0.402. The van der Waals surface area contributed by atoms with Crippen LogP contribution in [0.1, 0.15) is 54.0 Å². The number of likely N-dealkylation sites (tertiary alicyclic amines) is 2. The summed E-state index contributed by atoms with van der Waals surface area (Å²) in [5.74, 6) is 1.22. The summed E-state index contributed by atoms with van der Waals surface area (Å²) in [6, 6.07) is 6.38. The standard InChI is InChI=1S/C32H39Br2ClN4O3/c33-25-15-24-2-1-23-16-26(35)17-27(34)30(23)31(32(24)36-18-25)22-3-7-37(8-4-22)19-28(40)21-5-9-39(10-6-21)29(41)20-38-11-13-42-14-12-38/h15-18,21-22,31H,1-14,19-20H2/t31-/m1/s1. The van der Waals surface area contributed by atoms with Gasteiger partial charge in [0.2, 0.25) is 5.91 Å². The first-order valence-corrected chi connectivity index (χ1v) is 17.3. The minimum atomic E-state index is 0.0547. The lowest BCUT2D eigenvalue weighted by Gasteiger charge is -2.38. The van der Waals surface area contributed by atoms with E-state index in [2.05, 4.69) is 53.8 Å². The molecule has 7 nitrogen and oxygen atoms in total. The smallest absolute Gasteiger partial charge is 0.236 e. The zero-order valence-electron chi connectivity index (χ0n) is 24.0. The number of nitrogens with zero attached hydrogens (tertiary/aromatic N) is 4. The molecule has 1 atom stereocenters. The van der Waals surface area contributed by atoms with Crippen LogP contribution in [-0.4, -0.2) is 96.9 Å². The Bertz CT molecular complexity index is 1300. The lowest BCUT2D eigenvalue weighted by Crippen LogP contribution is -2.48. The number of ketones is 1. The summed E-state index contributed by atoms with van der Waals surface area (Å²) >= 11 is 14.0. The van der Waals surface area contributed by atoms with Crippen molar-refractivity contribution in [1.82, 2.24) is 19.7 Å². The first kappa shape index (κ1) is 30.7. The fourth-order valence-electron chi connectivity index (χ4n) is 7.33. The van der Waals surface area contributed by atoms with Gasteiger partial charge in [0.25, 0.3) is 0 Å². The highest BCUT2D eigenvalue weighted by atomic mass is 79.9. The monoisotopic (exact) mass is 720 g/mol. The second kappa shape index (κ2) is 13.7. The highest BCUT2D eigenvalue weighted by Crippen LogP contribution is 2.46. The third-order valence-corrected chi connectivity index (χ3v) is 11.0. The van der Waals surface area contributed by atoms with Gasteiger partial charge in [-0.15, -0.1) is 0 Å². The topological polar surface area (TPSA) is 66.0 Å². The number of Topliss-reactive ketones (excluding diaryl/α,β-unsaturated/α-hetero) is 1. The van der Waals surface area contributed by atoms with E-state index in [0.717, 1.165) is 78.7 Å². The highest BCUT2D eigenvalue weighted by molar-refractivity contribution is 9.10. The molecule has 0 spiro atoms. The second-order valence-electron chi connectivity index (χ2n) is 12.3. The van der Waals surface area contributed by atoms with Crippen molar-refractivity contribution in [3.8, 4) is 0 Å². The second-order valence-corrected chi connectivity index (χ2v) is 14.5. The van der Waals surface area contributed by atoms with Crippen molar-refractivity contribution in [2.24, 2.45) is 11.8 Å². The number of rotatable bonds is 6. The van der Waals surface area contributed by atoms with E-state index in [1.165, 1.54) is 22.4 Å². The van der Waals surface area contributed by atoms with E-state index in [1.807, 2.05) is 17.2 Å². The molecule has 3 saturated heterocycles. The average molecular weight is 723 g/mol. The zero-order valence-corrected chi connectivity index (χ0v) is 27.9. The van der Waals surface area contributed by atoms with Gasteiger partial charge in [-0.05, 0) is 108 Å². The summed E-state index contributed by atoms with van der Waals surface area (Å²) in [5, 5.41) is 0.764. The number of hydrogen-bond acceptors (Lipinski definition) is 6. The van der Waals surface area contributed by atoms with Crippen molar-refractivity contribution < 1.29 is 14.3 Å². The fraction of sp³-hybridized carbons (Fsp3) is 0.594. The molecule has 0 radical (unpaired) electrons. The van der Waals surface area contributed by atoms with Crippen molar-refractivity contribution in [2.45, 2.75) is 44.4 Å². The number of carbonyl (C=O) groups excluding carboxylic acids is 2. The van der Waals surface area contributed by atoms with E-state index >= 15 is 0 Å². The minimum Gasteiger partial charge on any atom is -0.379 e. The summed E-state index contributed by atoms with van der Waals surface area (Å²) in [4.78, 5) is 37.5. The maximum absolute atomic E-state index is 13.3. The maximum atomic E-state index is 13.3. The molecule has 0 unspecified atom stereocenters. The number of morpholine rings is 1. The van der Waals surface area contributed by atoms with E-state index in [1.54, 1.807) is 0 Å². The van der Waals surface area contributed by atoms with Gasteiger partial charge in [-0.1, -0.05) is 27.5 Å². The molecule has 4 heterocycles. The summed E-state index contributed by atoms with van der Waals surface area (Å²) < 4.78 is 7.48. The average Bonchev–Trinajstić information content (AvgIpc) is 3.15. The lowest BCUT2D eigenvalue weighted by molar-refractivity contribution is -0.137. The van der Waals surface area contributed by atoms with Crippen LogP contribution in [0.3, 0.4) is 0 Å². The molecule has 226 valence electrons.